The highest BCUT2D eigenvalue weighted by molar-refractivity contribution is 6.02. The van der Waals surface area contributed by atoms with Gasteiger partial charge in [-0.2, -0.15) is 0 Å². The average Bonchev–Trinajstić information content (AvgIpc) is 3.08. The fourth-order valence-electron chi connectivity index (χ4n) is 3.31. The molecule has 5 nitrogen and oxygen atoms in total. The Kier molecular flexibility index (Phi) is 5.69. The lowest BCUT2D eigenvalue weighted by Gasteiger charge is -2.20. The molecule has 2 aromatic rings. The maximum atomic E-state index is 12.6. The van der Waals surface area contributed by atoms with Crippen LogP contribution in [0.1, 0.15) is 35.7 Å². The maximum absolute atomic E-state index is 12.6. The summed E-state index contributed by atoms with van der Waals surface area (Å²) >= 11 is 0. The van der Waals surface area contributed by atoms with Crippen LogP contribution in [0.4, 0.5) is 5.69 Å². The van der Waals surface area contributed by atoms with Crippen LogP contribution in [-0.2, 0) is 14.3 Å². The second-order valence-corrected chi connectivity index (χ2v) is 6.76. The Balaban J connectivity index is 1.68. The van der Waals surface area contributed by atoms with Crippen LogP contribution in [0.5, 0.6) is 0 Å². The first kappa shape index (κ1) is 18.8. The number of hydrogen-bond acceptors (Lipinski definition) is 4. The van der Waals surface area contributed by atoms with Crippen molar-refractivity contribution in [3.63, 3.8) is 0 Å². The summed E-state index contributed by atoms with van der Waals surface area (Å²) < 4.78 is 5.50. The van der Waals surface area contributed by atoms with Gasteiger partial charge in [0.1, 0.15) is 0 Å². The number of hydrogen-bond donors (Lipinski definition) is 0. The smallest absolute Gasteiger partial charge is 0.312 e. The number of Topliss-reactive ketones (excluding diaryl/α,β-unsaturated/α-hetero) is 1. The van der Waals surface area contributed by atoms with Crippen molar-refractivity contribution in [2.45, 2.75) is 32.8 Å². The van der Waals surface area contributed by atoms with Gasteiger partial charge in [0.25, 0.3) is 0 Å². The van der Waals surface area contributed by atoms with E-state index < -0.39 is 18.0 Å². The Labute approximate surface area is 158 Å². The van der Waals surface area contributed by atoms with Gasteiger partial charge < -0.3 is 9.64 Å². The molecule has 1 heterocycles. The Morgan fingerprint density at radius 2 is 1.78 bits per heavy atom. The Morgan fingerprint density at radius 3 is 2.44 bits per heavy atom. The molecule has 27 heavy (non-hydrogen) atoms. The van der Waals surface area contributed by atoms with Gasteiger partial charge in [0.2, 0.25) is 11.7 Å². The summed E-state index contributed by atoms with van der Waals surface area (Å²) in [6.07, 6.45) is -0.340. The second kappa shape index (κ2) is 8.16. The number of aryl methyl sites for hydroxylation is 1. The zero-order valence-electron chi connectivity index (χ0n) is 15.6. The van der Waals surface area contributed by atoms with Gasteiger partial charge in [-0.25, -0.2) is 0 Å². The zero-order chi connectivity index (χ0) is 19.4. The van der Waals surface area contributed by atoms with Crippen LogP contribution in [0.2, 0.25) is 0 Å². The molecule has 0 N–H and O–H groups in total. The highest BCUT2D eigenvalue weighted by atomic mass is 16.5. The third kappa shape index (κ3) is 4.08. The van der Waals surface area contributed by atoms with E-state index in [0.29, 0.717) is 12.0 Å². The van der Waals surface area contributed by atoms with Gasteiger partial charge in [0.15, 0.2) is 6.10 Å². The van der Waals surface area contributed by atoms with Crippen molar-refractivity contribution in [1.29, 1.82) is 0 Å². The predicted octanol–water partition coefficient (Wildman–Crippen LogP) is 3.55. The Morgan fingerprint density at radius 1 is 1.11 bits per heavy atom. The van der Waals surface area contributed by atoms with Crippen molar-refractivity contribution in [2.75, 3.05) is 11.4 Å². The van der Waals surface area contributed by atoms with E-state index in [4.69, 9.17) is 4.74 Å². The normalized spacial score (nSPS) is 17.6. The molecule has 0 saturated carbocycles. The molecule has 1 aliphatic heterocycles. The molecule has 1 amide bonds. The van der Waals surface area contributed by atoms with Crippen molar-refractivity contribution in [1.82, 2.24) is 0 Å². The molecule has 3 rings (SSSR count). The van der Waals surface area contributed by atoms with Gasteiger partial charge in [-0.15, -0.1) is 0 Å². The van der Waals surface area contributed by atoms with E-state index in [1.165, 1.54) is 0 Å². The van der Waals surface area contributed by atoms with E-state index in [1.54, 1.807) is 36.1 Å². The quantitative estimate of drug-likeness (QED) is 0.580. The average molecular weight is 365 g/mol. The van der Waals surface area contributed by atoms with Crippen LogP contribution in [0.25, 0.3) is 0 Å². The van der Waals surface area contributed by atoms with E-state index in [9.17, 15) is 14.4 Å². The first-order valence-electron chi connectivity index (χ1n) is 9.17. The van der Waals surface area contributed by atoms with Crippen molar-refractivity contribution in [3.05, 3.63) is 65.7 Å². The summed E-state index contributed by atoms with van der Waals surface area (Å²) in [7, 11) is 0. The molecular weight excluding hydrogens is 342 g/mol. The number of anilines is 1. The molecule has 0 aliphatic carbocycles. The molecule has 2 aromatic carbocycles. The van der Waals surface area contributed by atoms with Crippen molar-refractivity contribution in [2.24, 2.45) is 5.92 Å². The lowest BCUT2D eigenvalue weighted by molar-refractivity contribution is -0.151. The van der Waals surface area contributed by atoms with Gasteiger partial charge in [0.05, 0.1) is 5.92 Å². The number of ketones is 1. The number of carbonyl (C=O) groups excluding carboxylic acids is 3. The summed E-state index contributed by atoms with van der Waals surface area (Å²) in [6.45, 7) is 4.01. The molecule has 0 bridgehead atoms. The number of esters is 1. The van der Waals surface area contributed by atoms with Gasteiger partial charge in [-0.1, -0.05) is 55.5 Å². The topological polar surface area (TPSA) is 63.7 Å². The molecule has 0 radical (unpaired) electrons. The van der Waals surface area contributed by atoms with Crippen LogP contribution >= 0.6 is 0 Å². The lowest BCUT2D eigenvalue weighted by Crippen LogP contribution is -2.32. The largest absolute Gasteiger partial charge is 0.454 e. The van der Waals surface area contributed by atoms with E-state index in [0.717, 1.165) is 11.3 Å². The van der Waals surface area contributed by atoms with Crippen molar-refractivity contribution in [3.8, 4) is 0 Å². The summed E-state index contributed by atoms with van der Waals surface area (Å²) in [6, 6.07) is 16.4. The Bertz CT molecular complexity index is 846. The fourth-order valence-corrected chi connectivity index (χ4v) is 3.31. The van der Waals surface area contributed by atoms with E-state index in [-0.39, 0.29) is 24.7 Å². The summed E-state index contributed by atoms with van der Waals surface area (Å²) in [5.41, 5.74) is 2.30. The van der Waals surface area contributed by atoms with Gasteiger partial charge in [-0.05, 0) is 25.0 Å². The molecule has 2 atom stereocenters. The minimum atomic E-state index is -0.831. The van der Waals surface area contributed by atoms with Crippen LogP contribution in [0, 0.1) is 12.8 Å². The van der Waals surface area contributed by atoms with E-state index >= 15 is 0 Å². The molecule has 0 spiro atoms. The summed E-state index contributed by atoms with van der Waals surface area (Å²) in [5, 5.41) is 0. The maximum Gasteiger partial charge on any atom is 0.312 e. The monoisotopic (exact) mass is 365 g/mol. The molecular formula is C22H23NO4. The van der Waals surface area contributed by atoms with Crippen LogP contribution in [0.15, 0.2) is 54.6 Å². The number of nitrogens with zero attached hydrogens (tertiary/aromatic N) is 1. The minimum absolute atomic E-state index is 0.100. The van der Waals surface area contributed by atoms with Crippen molar-refractivity contribution >= 4 is 23.3 Å². The standard InChI is InChI=1S/C22H23NO4/c1-3-19(21(25)16-10-5-4-6-11-16)27-22(26)17-13-20(24)23(14-17)18-12-8-7-9-15(18)2/h4-12,17,19H,3,13-14H2,1-2H3/t17-,19-/m0/s1. The summed E-state index contributed by atoms with van der Waals surface area (Å²) in [4.78, 5) is 39.2. The highest BCUT2D eigenvalue weighted by Gasteiger charge is 2.38. The molecule has 0 aromatic heterocycles. The highest BCUT2D eigenvalue weighted by Crippen LogP contribution is 2.28. The minimum Gasteiger partial charge on any atom is -0.454 e. The number of para-hydroxylation sites is 1. The molecule has 140 valence electrons. The predicted molar refractivity (Wildman–Crippen MR) is 103 cm³/mol. The lowest BCUT2D eigenvalue weighted by atomic mass is 10.0. The zero-order valence-corrected chi connectivity index (χ0v) is 15.6. The number of benzene rings is 2. The Hall–Kier alpha value is -2.95. The number of rotatable bonds is 6. The van der Waals surface area contributed by atoms with Gasteiger partial charge >= 0.3 is 5.97 Å². The number of ether oxygens (including phenoxy) is 1. The molecule has 0 unspecified atom stereocenters. The van der Waals surface area contributed by atoms with Gasteiger partial charge in [0, 0.05) is 24.2 Å². The molecule has 1 saturated heterocycles. The fraction of sp³-hybridized carbons (Fsp3) is 0.318. The molecule has 5 heteroatoms. The third-order valence-corrected chi connectivity index (χ3v) is 4.84. The van der Waals surface area contributed by atoms with Crippen molar-refractivity contribution < 1.29 is 19.1 Å². The first-order chi connectivity index (χ1) is 13.0. The van der Waals surface area contributed by atoms with Gasteiger partial charge in [-0.3, -0.25) is 14.4 Å². The SMILES string of the molecule is CC[C@H](OC(=O)[C@H]1CC(=O)N(c2ccccc2C)C1)C(=O)c1ccccc1. The molecule has 1 aliphatic rings. The third-order valence-electron chi connectivity index (χ3n) is 4.84. The summed E-state index contributed by atoms with van der Waals surface area (Å²) in [5.74, 6) is -1.37. The van der Waals surface area contributed by atoms with Crippen LogP contribution in [0.3, 0.4) is 0 Å². The molecule has 1 fully saturated rings. The van der Waals surface area contributed by atoms with E-state index in [1.807, 2.05) is 37.3 Å². The number of amides is 1. The van der Waals surface area contributed by atoms with Crippen LogP contribution < -0.4 is 4.90 Å². The first-order valence-corrected chi connectivity index (χ1v) is 9.17. The van der Waals surface area contributed by atoms with E-state index in [2.05, 4.69) is 0 Å². The number of carbonyl (C=O) groups is 3. The second-order valence-electron chi connectivity index (χ2n) is 6.76. The van der Waals surface area contributed by atoms with Crippen LogP contribution in [-0.4, -0.2) is 30.3 Å².